The normalized spacial score (nSPS) is 21.1. The molecule has 1 aromatic heterocycles. The van der Waals surface area contributed by atoms with E-state index in [1.165, 1.54) is 22.2 Å². The van der Waals surface area contributed by atoms with Crippen molar-refractivity contribution in [3.63, 3.8) is 0 Å². The Bertz CT molecular complexity index is 772. The third-order valence-electron chi connectivity index (χ3n) is 3.63. The Kier molecular flexibility index (Phi) is 2.29. The molecule has 1 aromatic carbocycles. The molecule has 0 spiro atoms. The first-order valence-electron chi connectivity index (χ1n) is 6.53. The van der Waals surface area contributed by atoms with Gasteiger partial charge in [0, 0.05) is 11.6 Å². The molecule has 0 atom stereocenters. The van der Waals surface area contributed by atoms with E-state index in [4.69, 9.17) is 4.42 Å². The van der Waals surface area contributed by atoms with Crippen molar-refractivity contribution in [2.75, 3.05) is 0 Å². The first-order chi connectivity index (χ1) is 9.43. The number of rotatable bonds is 0. The van der Waals surface area contributed by atoms with Crippen LogP contribution in [0.4, 0.5) is 5.69 Å². The molecule has 2 aromatic rings. The van der Waals surface area contributed by atoms with Crippen LogP contribution in [-0.4, -0.2) is 0 Å². The molecule has 2 N–H and O–H groups in total. The van der Waals surface area contributed by atoms with Gasteiger partial charge in [-0.05, 0) is 24.1 Å². The zero-order chi connectivity index (χ0) is 12.7. The predicted molar refractivity (Wildman–Crippen MR) is 76.8 cm³/mol. The molecule has 0 bridgehead atoms. The largest absolute Gasteiger partial charge is 0.450 e. The fraction of sp³-hybridized carbons (Fsp3) is 0.0588. The molecular formula is C17H14NO+. The first kappa shape index (κ1) is 10.6. The van der Waals surface area contributed by atoms with E-state index in [2.05, 4.69) is 54.0 Å². The molecule has 0 saturated heterocycles. The van der Waals surface area contributed by atoms with Crippen molar-refractivity contribution >= 4 is 22.2 Å². The fourth-order valence-electron chi connectivity index (χ4n) is 2.71. The van der Waals surface area contributed by atoms with Gasteiger partial charge in [0.25, 0.3) is 0 Å². The first-order valence-corrected chi connectivity index (χ1v) is 6.53. The Morgan fingerprint density at radius 1 is 1.05 bits per heavy atom. The molecule has 2 aliphatic rings. The van der Waals surface area contributed by atoms with E-state index >= 15 is 0 Å². The highest BCUT2D eigenvalue weighted by molar-refractivity contribution is 5.96. The van der Waals surface area contributed by atoms with Crippen molar-refractivity contribution in [2.24, 2.45) is 0 Å². The minimum Gasteiger partial charge on any atom is -0.450 e. The number of quaternary nitrogens is 1. The van der Waals surface area contributed by atoms with E-state index in [0.717, 1.165) is 17.8 Å². The van der Waals surface area contributed by atoms with Gasteiger partial charge in [0.15, 0.2) is 11.4 Å². The van der Waals surface area contributed by atoms with Gasteiger partial charge in [-0.3, -0.25) is 5.32 Å². The van der Waals surface area contributed by atoms with Crippen LogP contribution in [0.2, 0.25) is 0 Å². The molecule has 2 heterocycles. The highest BCUT2D eigenvalue weighted by Gasteiger charge is 2.24. The smallest absolute Gasteiger partial charge is 0.196 e. The minimum absolute atomic E-state index is 0.959. The van der Waals surface area contributed by atoms with Crippen LogP contribution in [-0.2, 0) is 0 Å². The minimum atomic E-state index is 0.959. The number of allylic oxidation sites excluding steroid dienone is 7. The van der Waals surface area contributed by atoms with Gasteiger partial charge in [-0.25, -0.2) is 0 Å². The second-order valence-electron chi connectivity index (χ2n) is 4.80. The lowest BCUT2D eigenvalue weighted by Gasteiger charge is -2.10. The Morgan fingerprint density at radius 3 is 2.89 bits per heavy atom. The quantitative estimate of drug-likeness (QED) is 0.760. The van der Waals surface area contributed by atoms with Crippen molar-refractivity contribution in [1.82, 2.24) is 0 Å². The summed E-state index contributed by atoms with van der Waals surface area (Å²) in [4.78, 5) is 0. The molecule has 19 heavy (non-hydrogen) atoms. The molecule has 1 aliphatic heterocycles. The summed E-state index contributed by atoms with van der Waals surface area (Å²) >= 11 is 0. The molecule has 2 heteroatoms. The molecule has 0 unspecified atom stereocenters. The summed E-state index contributed by atoms with van der Waals surface area (Å²) in [6.45, 7) is 0. The molecule has 92 valence electrons. The second-order valence-corrected chi connectivity index (χ2v) is 4.80. The van der Waals surface area contributed by atoms with Gasteiger partial charge in [-0.15, -0.1) is 0 Å². The van der Waals surface area contributed by atoms with Crippen LogP contribution in [0.3, 0.4) is 0 Å². The number of hydrogen-bond acceptors (Lipinski definition) is 1. The summed E-state index contributed by atoms with van der Waals surface area (Å²) in [5, 5.41) is 3.32. The van der Waals surface area contributed by atoms with E-state index in [0.29, 0.717) is 0 Å². The van der Waals surface area contributed by atoms with Crippen molar-refractivity contribution in [3.05, 3.63) is 72.2 Å². The number of nitrogens with two attached hydrogens (primary N) is 1. The van der Waals surface area contributed by atoms with Gasteiger partial charge in [0.1, 0.15) is 5.58 Å². The Labute approximate surface area is 111 Å². The Balaban J connectivity index is 1.98. The zero-order valence-electron chi connectivity index (χ0n) is 10.5. The highest BCUT2D eigenvalue weighted by atomic mass is 16.3. The average molecular weight is 248 g/mol. The number of fused-ring (bicyclic) bond motifs is 3. The SMILES string of the molecule is C1=CCC(=C2C=C[NH2+]c3c2oc2ccccc32)C=C1. The van der Waals surface area contributed by atoms with E-state index in [-0.39, 0.29) is 0 Å². The van der Waals surface area contributed by atoms with E-state index in [9.17, 15) is 0 Å². The van der Waals surface area contributed by atoms with Crippen molar-refractivity contribution in [2.45, 2.75) is 6.42 Å². The monoisotopic (exact) mass is 248 g/mol. The summed E-state index contributed by atoms with van der Waals surface area (Å²) in [5.74, 6) is 0.999. The standard InChI is InChI=1S/C17H13NO/c1-2-6-12(7-3-1)13-10-11-18-16-14-8-4-5-9-15(14)19-17(13)16/h1-6,8-11,18H,7H2/p+1. The number of para-hydroxylation sites is 1. The van der Waals surface area contributed by atoms with Gasteiger partial charge < -0.3 is 4.42 Å². The van der Waals surface area contributed by atoms with Crippen LogP contribution in [0.15, 0.2) is 70.8 Å². The fourth-order valence-corrected chi connectivity index (χ4v) is 2.71. The molecule has 0 amide bonds. The van der Waals surface area contributed by atoms with Crippen LogP contribution in [0, 0.1) is 0 Å². The number of furan rings is 1. The number of hydrogen-bond donors (Lipinski definition) is 1. The van der Waals surface area contributed by atoms with Crippen LogP contribution in [0.5, 0.6) is 0 Å². The molecule has 4 rings (SSSR count). The topological polar surface area (TPSA) is 29.8 Å². The van der Waals surface area contributed by atoms with Crippen LogP contribution >= 0.6 is 0 Å². The van der Waals surface area contributed by atoms with Gasteiger partial charge in [-0.2, -0.15) is 0 Å². The van der Waals surface area contributed by atoms with Crippen LogP contribution < -0.4 is 5.32 Å². The average Bonchev–Trinajstić information content (AvgIpc) is 2.87. The van der Waals surface area contributed by atoms with E-state index in [1.54, 1.807) is 0 Å². The summed E-state index contributed by atoms with van der Waals surface area (Å²) < 4.78 is 6.06. The molecule has 0 saturated carbocycles. The van der Waals surface area contributed by atoms with Gasteiger partial charge in [0.05, 0.1) is 11.6 Å². The molecule has 0 fully saturated rings. The highest BCUT2D eigenvalue weighted by Crippen LogP contribution is 2.37. The lowest BCUT2D eigenvalue weighted by Crippen LogP contribution is -2.72. The maximum atomic E-state index is 6.06. The van der Waals surface area contributed by atoms with Gasteiger partial charge in [-0.1, -0.05) is 36.4 Å². The van der Waals surface area contributed by atoms with Crippen LogP contribution in [0.25, 0.3) is 16.5 Å². The predicted octanol–water partition coefficient (Wildman–Crippen LogP) is 3.42. The van der Waals surface area contributed by atoms with E-state index < -0.39 is 0 Å². The third-order valence-corrected chi connectivity index (χ3v) is 3.63. The third kappa shape index (κ3) is 1.61. The summed E-state index contributed by atoms with van der Waals surface area (Å²) in [6.07, 6.45) is 13.7. The maximum Gasteiger partial charge on any atom is 0.196 e. The molecule has 0 radical (unpaired) electrons. The summed E-state index contributed by atoms with van der Waals surface area (Å²) in [6, 6.07) is 8.22. The van der Waals surface area contributed by atoms with Gasteiger partial charge >= 0.3 is 0 Å². The summed E-state index contributed by atoms with van der Waals surface area (Å²) in [7, 11) is 0. The Morgan fingerprint density at radius 2 is 2.00 bits per heavy atom. The van der Waals surface area contributed by atoms with Gasteiger partial charge in [0.2, 0.25) is 0 Å². The lowest BCUT2D eigenvalue weighted by atomic mass is 9.97. The van der Waals surface area contributed by atoms with Crippen molar-refractivity contribution in [1.29, 1.82) is 0 Å². The maximum absolute atomic E-state index is 6.06. The zero-order valence-corrected chi connectivity index (χ0v) is 10.5. The summed E-state index contributed by atoms with van der Waals surface area (Å²) in [5.41, 5.74) is 4.67. The van der Waals surface area contributed by atoms with Crippen molar-refractivity contribution < 1.29 is 9.73 Å². The molecule has 2 nitrogen and oxygen atoms in total. The number of benzene rings is 1. The second kappa shape index (κ2) is 4.11. The lowest BCUT2D eigenvalue weighted by molar-refractivity contribution is -0.496. The Hall–Kier alpha value is -2.32. The van der Waals surface area contributed by atoms with Crippen molar-refractivity contribution in [3.8, 4) is 0 Å². The van der Waals surface area contributed by atoms with E-state index in [1.807, 2.05) is 12.1 Å². The molecule has 1 aliphatic carbocycles. The van der Waals surface area contributed by atoms with Crippen LogP contribution in [0.1, 0.15) is 12.2 Å². The molecular weight excluding hydrogens is 234 g/mol.